The van der Waals surface area contributed by atoms with E-state index in [0.29, 0.717) is 29.7 Å². The number of amides is 1. The summed E-state index contributed by atoms with van der Waals surface area (Å²) in [5.41, 5.74) is 0.446. The SMILES string of the molecule is O=C(NCCC1CCNC1)c1cccnc1Oc1cccc(Br)c1. The molecule has 2 aromatic rings. The van der Waals surface area contributed by atoms with Gasteiger partial charge < -0.3 is 15.4 Å². The number of aromatic nitrogens is 1. The molecule has 1 aliphatic rings. The molecule has 1 fully saturated rings. The second kappa shape index (κ2) is 8.26. The minimum atomic E-state index is -0.154. The zero-order valence-electron chi connectivity index (χ0n) is 13.3. The Hall–Kier alpha value is -1.92. The van der Waals surface area contributed by atoms with Gasteiger partial charge in [0, 0.05) is 17.2 Å². The monoisotopic (exact) mass is 389 g/mol. The Bertz CT molecular complexity index is 702. The van der Waals surface area contributed by atoms with Crippen molar-refractivity contribution in [1.29, 1.82) is 0 Å². The molecule has 1 aromatic carbocycles. The summed E-state index contributed by atoms with van der Waals surface area (Å²) in [7, 11) is 0. The van der Waals surface area contributed by atoms with Crippen molar-refractivity contribution >= 4 is 21.8 Å². The predicted molar refractivity (Wildman–Crippen MR) is 96.4 cm³/mol. The van der Waals surface area contributed by atoms with Crippen molar-refractivity contribution in [3.63, 3.8) is 0 Å². The van der Waals surface area contributed by atoms with Crippen molar-refractivity contribution in [3.8, 4) is 11.6 Å². The molecule has 1 aromatic heterocycles. The third-order valence-corrected chi connectivity index (χ3v) is 4.52. The minimum Gasteiger partial charge on any atom is -0.438 e. The molecule has 3 rings (SSSR count). The Morgan fingerprint density at radius 3 is 3.08 bits per heavy atom. The van der Waals surface area contributed by atoms with Crippen LogP contribution in [0.2, 0.25) is 0 Å². The second-order valence-corrected chi connectivity index (χ2v) is 6.73. The number of carbonyl (C=O) groups excluding carboxylic acids is 1. The number of nitrogens with one attached hydrogen (secondary N) is 2. The van der Waals surface area contributed by atoms with E-state index in [4.69, 9.17) is 4.74 Å². The van der Waals surface area contributed by atoms with E-state index in [2.05, 4.69) is 31.5 Å². The van der Waals surface area contributed by atoms with Gasteiger partial charge in [0.05, 0.1) is 0 Å². The number of hydrogen-bond acceptors (Lipinski definition) is 4. The molecule has 1 saturated heterocycles. The van der Waals surface area contributed by atoms with Crippen LogP contribution in [0.25, 0.3) is 0 Å². The Morgan fingerprint density at radius 2 is 2.29 bits per heavy atom. The molecule has 6 heteroatoms. The van der Waals surface area contributed by atoms with Gasteiger partial charge in [-0.1, -0.05) is 22.0 Å². The number of carbonyl (C=O) groups is 1. The van der Waals surface area contributed by atoms with Crippen LogP contribution in [0, 0.1) is 5.92 Å². The maximum atomic E-state index is 12.4. The number of benzene rings is 1. The highest BCUT2D eigenvalue weighted by Gasteiger charge is 2.17. The lowest BCUT2D eigenvalue weighted by atomic mass is 10.1. The summed E-state index contributed by atoms with van der Waals surface area (Å²) >= 11 is 3.40. The van der Waals surface area contributed by atoms with Crippen molar-refractivity contribution in [2.45, 2.75) is 12.8 Å². The molecule has 24 heavy (non-hydrogen) atoms. The maximum absolute atomic E-state index is 12.4. The van der Waals surface area contributed by atoms with Crippen LogP contribution in [-0.2, 0) is 0 Å². The molecule has 2 heterocycles. The molecule has 1 aliphatic heterocycles. The molecule has 2 N–H and O–H groups in total. The van der Waals surface area contributed by atoms with E-state index in [1.54, 1.807) is 18.3 Å². The van der Waals surface area contributed by atoms with Crippen molar-refractivity contribution < 1.29 is 9.53 Å². The predicted octanol–water partition coefficient (Wildman–Crippen LogP) is 3.37. The molecule has 0 aliphatic carbocycles. The van der Waals surface area contributed by atoms with Crippen LogP contribution in [0.5, 0.6) is 11.6 Å². The first-order valence-electron chi connectivity index (χ1n) is 8.10. The molecule has 0 spiro atoms. The lowest BCUT2D eigenvalue weighted by Crippen LogP contribution is -2.27. The Labute approximate surface area is 149 Å². The summed E-state index contributed by atoms with van der Waals surface area (Å²) < 4.78 is 6.69. The Morgan fingerprint density at radius 1 is 1.38 bits per heavy atom. The summed E-state index contributed by atoms with van der Waals surface area (Å²) in [6.07, 6.45) is 3.79. The quantitative estimate of drug-likeness (QED) is 0.794. The van der Waals surface area contributed by atoms with E-state index in [0.717, 1.165) is 24.0 Å². The van der Waals surface area contributed by atoms with Crippen molar-refractivity contribution in [2.75, 3.05) is 19.6 Å². The van der Waals surface area contributed by atoms with Crippen LogP contribution in [-0.4, -0.2) is 30.5 Å². The summed E-state index contributed by atoms with van der Waals surface area (Å²) in [6.45, 7) is 2.78. The van der Waals surface area contributed by atoms with Gasteiger partial charge in [0.2, 0.25) is 5.88 Å². The summed E-state index contributed by atoms with van der Waals surface area (Å²) in [6, 6.07) is 10.9. The molecular formula is C18H20BrN3O2. The summed E-state index contributed by atoms with van der Waals surface area (Å²) in [4.78, 5) is 16.6. The smallest absolute Gasteiger partial charge is 0.256 e. The van der Waals surface area contributed by atoms with Crippen LogP contribution in [0.1, 0.15) is 23.2 Å². The van der Waals surface area contributed by atoms with Crippen LogP contribution in [0.4, 0.5) is 0 Å². The van der Waals surface area contributed by atoms with Crippen LogP contribution < -0.4 is 15.4 Å². The number of rotatable bonds is 6. The molecule has 0 saturated carbocycles. The van der Waals surface area contributed by atoms with Crippen LogP contribution >= 0.6 is 15.9 Å². The average Bonchev–Trinajstić information content (AvgIpc) is 3.09. The summed E-state index contributed by atoms with van der Waals surface area (Å²) in [5, 5.41) is 6.30. The zero-order valence-corrected chi connectivity index (χ0v) is 14.9. The van der Waals surface area contributed by atoms with Crippen LogP contribution in [0.15, 0.2) is 47.1 Å². The maximum Gasteiger partial charge on any atom is 0.256 e. The fraction of sp³-hybridized carbons (Fsp3) is 0.333. The molecule has 0 radical (unpaired) electrons. The number of halogens is 1. The van der Waals surface area contributed by atoms with Gasteiger partial charge >= 0.3 is 0 Å². The number of hydrogen-bond donors (Lipinski definition) is 2. The van der Waals surface area contributed by atoms with E-state index in [9.17, 15) is 4.79 Å². The molecule has 1 amide bonds. The zero-order chi connectivity index (χ0) is 16.8. The lowest BCUT2D eigenvalue weighted by Gasteiger charge is -2.12. The molecular weight excluding hydrogens is 370 g/mol. The van der Waals surface area contributed by atoms with Gasteiger partial charge in [-0.2, -0.15) is 0 Å². The third-order valence-electron chi connectivity index (χ3n) is 4.03. The second-order valence-electron chi connectivity index (χ2n) is 5.82. The van der Waals surface area contributed by atoms with Gasteiger partial charge in [-0.25, -0.2) is 4.98 Å². The highest BCUT2D eigenvalue weighted by atomic mass is 79.9. The van der Waals surface area contributed by atoms with Gasteiger partial charge in [-0.15, -0.1) is 0 Å². The standard InChI is InChI=1S/C18H20BrN3O2/c19-14-3-1-4-15(11-14)24-18-16(5-2-8-22-18)17(23)21-10-7-13-6-9-20-12-13/h1-5,8,11,13,20H,6-7,9-10,12H2,(H,21,23). The average molecular weight is 390 g/mol. The first-order chi connectivity index (χ1) is 11.7. The molecule has 5 nitrogen and oxygen atoms in total. The van der Waals surface area contributed by atoms with E-state index in [1.165, 1.54) is 6.42 Å². The highest BCUT2D eigenvalue weighted by molar-refractivity contribution is 9.10. The largest absolute Gasteiger partial charge is 0.438 e. The fourth-order valence-electron chi connectivity index (χ4n) is 2.73. The van der Waals surface area contributed by atoms with Crippen molar-refractivity contribution in [1.82, 2.24) is 15.6 Å². The van der Waals surface area contributed by atoms with Gasteiger partial charge in [-0.05, 0) is 62.2 Å². The first kappa shape index (κ1) is 16.9. The van der Waals surface area contributed by atoms with Gasteiger partial charge in [0.1, 0.15) is 11.3 Å². The first-order valence-corrected chi connectivity index (χ1v) is 8.89. The third kappa shape index (κ3) is 4.55. The van der Waals surface area contributed by atoms with E-state index in [-0.39, 0.29) is 5.91 Å². The minimum absolute atomic E-state index is 0.154. The molecule has 126 valence electrons. The summed E-state index contributed by atoms with van der Waals surface area (Å²) in [5.74, 6) is 1.44. The lowest BCUT2D eigenvalue weighted by molar-refractivity contribution is 0.0948. The number of pyridine rings is 1. The van der Waals surface area contributed by atoms with Gasteiger partial charge in [0.15, 0.2) is 0 Å². The van der Waals surface area contributed by atoms with Gasteiger partial charge in [0.25, 0.3) is 5.91 Å². The number of ether oxygens (including phenoxy) is 1. The van der Waals surface area contributed by atoms with Gasteiger partial charge in [-0.3, -0.25) is 4.79 Å². The molecule has 1 atom stereocenters. The van der Waals surface area contributed by atoms with E-state index in [1.807, 2.05) is 24.3 Å². The van der Waals surface area contributed by atoms with Crippen molar-refractivity contribution in [3.05, 3.63) is 52.6 Å². The Balaban J connectivity index is 1.63. The Kier molecular flexibility index (Phi) is 5.82. The molecule has 0 bridgehead atoms. The normalized spacial score (nSPS) is 16.8. The topological polar surface area (TPSA) is 63.2 Å². The van der Waals surface area contributed by atoms with E-state index >= 15 is 0 Å². The molecule has 1 unspecified atom stereocenters. The number of nitrogens with zero attached hydrogens (tertiary/aromatic N) is 1. The van der Waals surface area contributed by atoms with Crippen LogP contribution in [0.3, 0.4) is 0 Å². The fourth-order valence-corrected chi connectivity index (χ4v) is 3.11. The van der Waals surface area contributed by atoms with Crippen molar-refractivity contribution in [2.24, 2.45) is 5.92 Å². The highest BCUT2D eigenvalue weighted by Crippen LogP contribution is 2.25. The van der Waals surface area contributed by atoms with E-state index < -0.39 is 0 Å².